The molecule has 0 bridgehead atoms. The predicted octanol–water partition coefficient (Wildman–Crippen LogP) is 2.66. The second-order valence-electron chi connectivity index (χ2n) is 6.27. The van der Waals surface area contributed by atoms with Crippen LogP contribution in [0.2, 0.25) is 5.02 Å². The number of alkyl halides is 3. The van der Waals surface area contributed by atoms with Crippen molar-refractivity contribution in [3.05, 3.63) is 34.9 Å². The quantitative estimate of drug-likeness (QED) is 0.783. The molecule has 1 aromatic carbocycles. The highest BCUT2D eigenvalue weighted by molar-refractivity contribution is 6.31. The van der Waals surface area contributed by atoms with E-state index in [9.17, 15) is 22.8 Å². The monoisotopic (exact) mass is 391 g/mol. The number of rotatable bonds is 6. The number of amides is 2. The van der Waals surface area contributed by atoms with E-state index in [1.807, 2.05) is 11.4 Å². The SMILES string of the molecule is CC(NC(=O)CN1CCCC1C(=O)NCC(F)(F)F)c1ccccc1Cl. The van der Waals surface area contributed by atoms with Crippen molar-refractivity contribution in [2.24, 2.45) is 0 Å². The third kappa shape index (κ3) is 5.88. The highest BCUT2D eigenvalue weighted by atomic mass is 35.5. The van der Waals surface area contributed by atoms with Gasteiger partial charge in [0.15, 0.2) is 0 Å². The van der Waals surface area contributed by atoms with E-state index in [4.69, 9.17) is 11.6 Å². The van der Waals surface area contributed by atoms with Crippen LogP contribution in [-0.2, 0) is 9.59 Å². The summed E-state index contributed by atoms with van der Waals surface area (Å²) >= 11 is 6.10. The van der Waals surface area contributed by atoms with Gasteiger partial charge in [0, 0.05) is 5.02 Å². The summed E-state index contributed by atoms with van der Waals surface area (Å²) in [6.45, 7) is 0.847. The van der Waals surface area contributed by atoms with E-state index in [1.165, 1.54) is 0 Å². The Morgan fingerprint density at radius 1 is 1.35 bits per heavy atom. The lowest BCUT2D eigenvalue weighted by atomic mass is 10.1. The maximum atomic E-state index is 12.3. The van der Waals surface area contributed by atoms with Crippen LogP contribution < -0.4 is 10.6 Å². The van der Waals surface area contributed by atoms with Gasteiger partial charge in [0.05, 0.1) is 18.6 Å². The number of hydrogen-bond acceptors (Lipinski definition) is 3. The maximum absolute atomic E-state index is 12.3. The fraction of sp³-hybridized carbons (Fsp3) is 0.529. The number of hydrogen-bond donors (Lipinski definition) is 2. The van der Waals surface area contributed by atoms with Gasteiger partial charge in [-0.2, -0.15) is 13.2 Å². The van der Waals surface area contributed by atoms with Gasteiger partial charge in [-0.25, -0.2) is 0 Å². The minimum absolute atomic E-state index is 0.0566. The Bertz CT molecular complexity index is 654. The van der Waals surface area contributed by atoms with Crippen molar-refractivity contribution < 1.29 is 22.8 Å². The van der Waals surface area contributed by atoms with E-state index in [0.29, 0.717) is 24.4 Å². The van der Waals surface area contributed by atoms with Gasteiger partial charge in [-0.1, -0.05) is 29.8 Å². The van der Waals surface area contributed by atoms with Gasteiger partial charge in [-0.3, -0.25) is 14.5 Å². The molecule has 1 aliphatic heterocycles. The minimum atomic E-state index is -4.46. The molecule has 0 aromatic heterocycles. The van der Waals surface area contributed by atoms with Crippen molar-refractivity contribution in [3.8, 4) is 0 Å². The highest BCUT2D eigenvalue weighted by Crippen LogP contribution is 2.22. The number of likely N-dealkylation sites (tertiary alicyclic amines) is 1. The van der Waals surface area contributed by atoms with Crippen molar-refractivity contribution >= 4 is 23.4 Å². The third-order valence-electron chi connectivity index (χ3n) is 4.23. The van der Waals surface area contributed by atoms with Gasteiger partial charge in [0.25, 0.3) is 0 Å². The standard InChI is InChI=1S/C17H21ClF3N3O2/c1-11(12-5-2-3-6-13(12)18)23-15(25)9-24-8-4-7-14(24)16(26)22-10-17(19,20)21/h2-3,5-6,11,14H,4,7-10H2,1H3,(H,22,26)(H,23,25). The van der Waals surface area contributed by atoms with Crippen LogP contribution in [0.4, 0.5) is 13.2 Å². The Hall–Kier alpha value is -1.80. The first-order valence-corrected chi connectivity index (χ1v) is 8.67. The number of benzene rings is 1. The lowest BCUT2D eigenvalue weighted by Gasteiger charge is -2.24. The van der Waals surface area contributed by atoms with E-state index in [-0.39, 0.29) is 18.5 Å². The lowest BCUT2D eigenvalue weighted by molar-refractivity contribution is -0.141. The van der Waals surface area contributed by atoms with E-state index < -0.39 is 24.7 Å². The maximum Gasteiger partial charge on any atom is 0.405 e. The molecule has 1 heterocycles. The summed E-state index contributed by atoms with van der Waals surface area (Å²) in [5, 5.41) is 5.22. The molecule has 0 aliphatic carbocycles. The predicted molar refractivity (Wildman–Crippen MR) is 91.7 cm³/mol. The van der Waals surface area contributed by atoms with Crippen molar-refractivity contribution in [3.63, 3.8) is 0 Å². The zero-order valence-electron chi connectivity index (χ0n) is 14.3. The number of nitrogens with one attached hydrogen (secondary N) is 2. The molecule has 5 nitrogen and oxygen atoms in total. The van der Waals surface area contributed by atoms with E-state index in [1.54, 1.807) is 30.0 Å². The molecule has 2 atom stereocenters. The van der Waals surface area contributed by atoms with Crippen LogP contribution in [0.1, 0.15) is 31.4 Å². The first kappa shape index (κ1) is 20.5. The Kier molecular flexibility index (Phi) is 6.88. The van der Waals surface area contributed by atoms with Gasteiger partial charge < -0.3 is 10.6 Å². The number of carbonyl (C=O) groups excluding carboxylic acids is 2. The van der Waals surface area contributed by atoms with Crippen LogP contribution in [0.3, 0.4) is 0 Å². The van der Waals surface area contributed by atoms with E-state index in [0.717, 1.165) is 5.56 Å². The van der Waals surface area contributed by atoms with Crippen molar-refractivity contribution in [2.75, 3.05) is 19.6 Å². The van der Waals surface area contributed by atoms with Crippen LogP contribution in [0.15, 0.2) is 24.3 Å². The van der Waals surface area contributed by atoms with Crippen molar-refractivity contribution in [1.82, 2.24) is 15.5 Å². The summed E-state index contributed by atoms with van der Waals surface area (Å²) in [6, 6.07) is 6.08. The molecule has 2 N–H and O–H groups in total. The molecular weight excluding hydrogens is 371 g/mol. The Balaban J connectivity index is 1.89. The van der Waals surface area contributed by atoms with Crippen LogP contribution in [0.25, 0.3) is 0 Å². The number of halogens is 4. The normalized spacial score (nSPS) is 19.2. The first-order chi connectivity index (χ1) is 12.2. The van der Waals surface area contributed by atoms with Gasteiger partial charge in [0.2, 0.25) is 11.8 Å². The molecule has 1 fully saturated rings. The van der Waals surface area contributed by atoms with Crippen LogP contribution in [0.5, 0.6) is 0 Å². The Morgan fingerprint density at radius 2 is 2.04 bits per heavy atom. The van der Waals surface area contributed by atoms with Gasteiger partial charge in [-0.05, 0) is 37.9 Å². The number of nitrogens with zero attached hydrogens (tertiary/aromatic N) is 1. The third-order valence-corrected chi connectivity index (χ3v) is 4.57. The molecule has 144 valence electrons. The van der Waals surface area contributed by atoms with Crippen molar-refractivity contribution in [1.29, 1.82) is 0 Å². The Morgan fingerprint density at radius 3 is 2.69 bits per heavy atom. The molecule has 1 aliphatic rings. The molecule has 0 radical (unpaired) electrons. The fourth-order valence-corrected chi connectivity index (χ4v) is 3.29. The highest BCUT2D eigenvalue weighted by Gasteiger charge is 2.34. The Labute approximate surface area is 154 Å². The van der Waals surface area contributed by atoms with Gasteiger partial charge in [-0.15, -0.1) is 0 Å². The van der Waals surface area contributed by atoms with Crippen LogP contribution in [-0.4, -0.2) is 48.6 Å². The first-order valence-electron chi connectivity index (χ1n) is 8.29. The molecule has 2 rings (SSSR count). The summed E-state index contributed by atoms with van der Waals surface area (Å²) in [6.07, 6.45) is -3.38. The molecule has 1 saturated heterocycles. The van der Waals surface area contributed by atoms with E-state index >= 15 is 0 Å². The lowest BCUT2D eigenvalue weighted by Crippen LogP contribution is -2.48. The van der Waals surface area contributed by atoms with Crippen LogP contribution in [0, 0.1) is 0 Å². The van der Waals surface area contributed by atoms with Gasteiger partial charge in [0.1, 0.15) is 6.54 Å². The topological polar surface area (TPSA) is 61.4 Å². The average Bonchev–Trinajstić information content (AvgIpc) is 3.00. The molecule has 0 spiro atoms. The minimum Gasteiger partial charge on any atom is -0.348 e. The average molecular weight is 392 g/mol. The molecule has 9 heteroatoms. The largest absolute Gasteiger partial charge is 0.405 e. The summed E-state index contributed by atoms with van der Waals surface area (Å²) in [5.74, 6) is -1.01. The number of carbonyl (C=O) groups is 2. The van der Waals surface area contributed by atoms with Crippen molar-refractivity contribution in [2.45, 2.75) is 38.0 Å². The summed E-state index contributed by atoms with van der Waals surface area (Å²) in [7, 11) is 0. The van der Waals surface area contributed by atoms with Crippen LogP contribution >= 0.6 is 11.6 Å². The second kappa shape index (κ2) is 8.73. The summed E-state index contributed by atoms with van der Waals surface area (Å²) in [4.78, 5) is 25.8. The molecule has 1 aromatic rings. The summed E-state index contributed by atoms with van der Waals surface area (Å²) < 4.78 is 36.7. The second-order valence-corrected chi connectivity index (χ2v) is 6.68. The zero-order chi connectivity index (χ0) is 19.3. The molecule has 0 saturated carbocycles. The summed E-state index contributed by atoms with van der Waals surface area (Å²) in [5.41, 5.74) is 0.767. The zero-order valence-corrected chi connectivity index (χ0v) is 15.0. The fourth-order valence-electron chi connectivity index (χ4n) is 2.99. The smallest absolute Gasteiger partial charge is 0.348 e. The molecule has 2 amide bonds. The molecule has 26 heavy (non-hydrogen) atoms. The molecule has 2 unspecified atom stereocenters. The molecular formula is C17H21ClF3N3O2. The van der Waals surface area contributed by atoms with E-state index in [2.05, 4.69) is 5.32 Å². The van der Waals surface area contributed by atoms with Gasteiger partial charge >= 0.3 is 6.18 Å².